The number of hydrogen-bond donors (Lipinski definition) is 2. The molecule has 1 aromatic carbocycles. The van der Waals surface area contributed by atoms with Crippen LogP contribution in [0.15, 0.2) is 52.1 Å². The lowest BCUT2D eigenvalue weighted by Gasteiger charge is -2.14. The molecule has 152 valence electrons. The number of nitrogens with zero attached hydrogens (tertiary/aromatic N) is 1. The van der Waals surface area contributed by atoms with Crippen molar-refractivity contribution in [3.8, 4) is 5.75 Å². The molecule has 0 spiro atoms. The molecule has 1 saturated heterocycles. The van der Waals surface area contributed by atoms with Crippen LogP contribution in [0.4, 0.5) is 0 Å². The van der Waals surface area contributed by atoms with E-state index >= 15 is 0 Å². The van der Waals surface area contributed by atoms with Crippen LogP contribution < -0.4 is 15.4 Å². The fraction of sp³-hybridized carbons (Fsp3) is 0.500. The summed E-state index contributed by atoms with van der Waals surface area (Å²) in [4.78, 5) is 4.76. The molecule has 28 heavy (non-hydrogen) atoms. The molecule has 2 aromatic rings. The Morgan fingerprint density at radius 3 is 2.82 bits per heavy atom. The van der Waals surface area contributed by atoms with Gasteiger partial charge in [0, 0.05) is 38.6 Å². The van der Waals surface area contributed by atoms with Crippen molar-refractivity contribution in [3.63, 3.8) is 0 Å². The van der Waals surface area contributed by atoms with Crippen molar-refractivity contribution in [2.45, 2.75) is 26.2 Å². The third-order valence-electron chi connectivity index (χ3n) is 4.69. The third kappa shape index (κ3) is 6.93. The van der Waals surface area contributed by atoms with Gasteiger partial charge in [0.1, 0.15) is 11.5 Å². The molecule has 1 aliphatic heterocycles. The van der Waals surface area contributed by atoms with Crippen molar-refractivity contribution in [2.24, 2.45) is 10.9 Å². The number of furan rings is 1. The Balaban J connectivity index is 1.48. The first-order chi connectivity index (χ1) is 13.8. The summed E-state index contributed by atoms with van der Waals surface area (Å²) < 4.78 is 16.4. The molecule has 2 N–H and O–H groups in total. The number of aliphatic imine (C=N–C) groups is 1. The minimum absolute atomic E-state index is 0.520. The quantitative estimate of drug-likeness (QED) is 0.486. The van der Waals surface area contributed by atoms with Crippen molar-refractivity contribution < 1.29 is 13.9 Å². The highest BCUT2D eigenvalue weighted by Gasteiger charge is 2.15. The van der Waals surface area contributed by atoms with Crippen LogP contribution in [0.2, 0.25) is 0 Å². The molecule has 1 aromatic heterocycles. The van der Waals surface area contributed by atoms with E-state index in [1.165, 1.54) is 5.56 Å². The number of nitrogens with one attached hydrogen (secondary N) is 2. The lowest BCUT2D eigenvalue weighted by Crippen LogP contribution is -2.39. The molecule has 0 radical (unpaired) electrons. The molecular formula is C22H31N3O3. The van der Waals surface area contributed by atoms with Gasteiger partial charge in [0.15, 0.2) is 5.96 Å². The molecule has 0 amide bonds. The van der Waals surface area contributed by atoms with Gasteiger partial charge >= 0.3 is 0 Å². The molecule has 1 atom stereocenters. The number of ether oxygens (including phenoxy) is 2. The largest absolute Gasteiger partial charge is 0.494 e. The summed E-state index contributed by atoms with van der Waals surface area (Å²) in [5, 5.41) is 6.86. The molecule has 1 fully saturated rings. The third-order valence-corrected chi connectivity index (χ3v) is 4.69. The maximum absolute atomic E-state index is 5.58. The summed E-state index contributed by atoms with van der Waals surface area (Å²) in [6.45, 7) is 6.72. The molecule has 6 heteroatoms. The molecule has 0 bridgehead atoms. The van der Waals surface area contributed by atoms with Crippen LogP contribution >= 0.6 is 0 Å². The van der Waals surface area contributed by atoms with Crippen molar-refractivity contribution in [1.82, 2.24) is 10.6 Å². The fourth-order valence-electron chi connectivity index (χ4n) is 3.16. The van der Waals surface area contributed by atoms with Gasteiger partial charge < -0.3 is 24.5 Å². The first-order valence-electron chi connectivity index (χ1n) is 10.2. The number of guanidine groups is 1. The van der Waals surface area contributed by atoms with Crippen LogP contribution in [0.25, 0.3) is 0 Å². The Kier molecular flexibility index (Phi) is 8.25. The van der Waals surface area contributed by atoms with Crippen molar-refractivity contribution >= 4 is 5.96 Å². The summed E-state index contributed by atoms with van der Waals surface area (Å²) >= 11 is 0. The second-order valence-corrected chi connectivity index (χ2v) is 6.93. The van der Waals surface area contributed by atoms with Crippen LogP contribution in [0.1, 0.15) is 24.7 Å². The van der Waals surface area contributed by atoms with Crippen LogP contribution in [0, 0.1) is 5.92 Å². The van der Waals surface area contributed by atoms with E-state index in [0.29, 0.717) is 12.5 Å². The van der Waals surface area contributed by atoms with Crippen LogP contribution in [0.3, 0.4) is 0 Å². The molecule has 1 aliphatic rings. The highest BCUT2D eigenvalue weighted by atomic mass is 16.5. The fourth-order valence-corrected chi connectivity index (χ4v) is 3.16. The van der Waals surface area contributed by atoms with Gasteiger partial charge in [0.05, 0.1) is 19.5 Å². The lowest BCUT2D eigenvalue weighted by atomic mass is 10.1. The van der Waals surface area contributed by atoms with Crippen LogP contribution in [-0.2, 0) is 17.6 Å². The van der Waals surface area contributed by atoms with Gasteiger partial charge in [-0.15, -0.1) is 0 Å². The van der Waals surface area contributed by atoms with Gasteiger partial charge in [0.25, 0.3) is 0 Å². The highest BCUT2D eigenvalue weighted by molar-refractivity contribution is 5.79. The molecule has 0 saturated carbocycles. The Morgan fingerprint density at radius 1 is 1.18 bits per heavy atom. The van der Waals surface area contributed by atoms with Gasteiger partial charge in [-0.05, 0) is 49.6 Å². The maximum atomic E-state index is 5.58. The maximum Gasteiger partial charge on any atom is 0.191 e. The minimum Gasteiger partial charge on any atom is -0.494 e. The average Bonchev–Trinajstić information content (AvgIpc) is 3.40. The number of rotatable bonds is 10. The molecule has 6 nitrogen and oxygen atoms in total. The standard InChI is InChI=1S/C22H31N3O3/c1-2-27-21-6-3-5-18(15-21)8-11-23-22(25-16-19-10-14-26-17-19)24-12-9-20-7-4-13-28-20/h3-7,13,15,19H,2,8-12,14,16-17H2,1H3,(H2,23,24,25). The van der Waals surface area contributed by atoms with Crippen molar-refractivity contribution in [3.05, 3.63) is 54.0 Å². The summed E-state index contributed by atoms with van der Waals surface area (Å²) in [6, 6.07) is 12.2. The summed E-state index contributed by atoms with van der Waals surface area (Å²) in [6.07, 6.45) is 4.54. The van der Waals surface area contributed by atoms with E-state index in [-0.39, 0.29) is 0 Å². The zero-order valence-corrected chi connectivity index (χ0v) is 16.7. The molecule has 2 heterocycles. The Hall–Kier alpha value is -2.47. The SMILES string of the molecule is CCOc1cccc(CCNC(=NCC2CCOC2)NCCc2ccco2)c1. The minimum atomic E-state index is 0.520. The van der Waals surface area contributed by atoms with Gasteiger partial charge in [0.2, 0.25) is 0 Å². The number of hydrogen-bond acceptors (Lipinski definition) is 4. The predicted molar refractivity (Wildman–Crippen MR) is 111 cm³/mol. The smallest absolute Gasteiger partial charge is 0.191 e. The van der Waals surface area contributed by atoms with Gasteiger partial charge in [-0.1, -0.05) is 12.1 Å². The van der Waals surface area contributed by atoms with Crippen molar-refractivity contribution in [1.29, 1.82) is 0 Å². The highest BCUT2D eigenvalue weighted by Crippen LogP contribution is 2.14. The van der Waals surface area contributed by atoms with Crippen LogP contribution in [0.5, 0.6) is 5.75 Å². The first-order valence-corrected chi connectivity index (χ1v) is 10.2. The molecular weight excluding hydrogens is 354 g/mol. The van der Waals surface area contributed by atoms with Gasteiger partial charge in [-0.25, -0.2) is 0 Å². The topological polar surface area (TPSA) is 68.0 Å². The predicted octanol–water partition coefficient (Wildman–Crippen LogP) is 3.04. The van der Waals surface area contributed by atoms with E-state index in [2.05, 4.69) is 22.8 Å². The molecule has 0 aliphatic carbocycles. The normalized spacial score (nSPS) is 16.9. The second-order valence-electron chi connectivity index (χ2n) is 6.93. The van der Waals surface area contributed by atoms with E-state index in [0.717, 1.165) is 69.6 Å². The van der Waals surface area contributed by atoms with E-state index in [1.807, 2.05) is 31.2 Å². The van der Waals surface area contributed by atoms with Crippen molar-refractivity contribution in [2.75, 3.05) is 39.5 Å². The summed E-state index contributed by atoms with van der Waals surface area (Å²) in [5.41, 5.74) is 1.25. The summed E-state index contributed by atoms with van der Waals surface area (Å²) in [7, 11) is 0. The lowest BCUT2D eigenvalue weighted by molar-refractivity contribution is 0.187. The zero-order chi connectivity index (χ0) is 19.4. The second kappa shape index (κ2) is 11.4. The molecule has 3 rings (SSSR count). The van der Waals surface area contributed by atoms with E-state index in [1.54, 1.807) is 6.26 Å². The molecule has 1 unspecified atom stereocenters. The monoisotopic (exact) mass is 385 g/mol. The average molecular weight is 386 g/mol. The summed E-state index contributed by atoms with van der Waals surface area (Å²) in [5.74, 6) is 3.27. The Bertz CT molecular complexity index is 710. The Labute approximate surface area is 167 Å². The van der Waals surface area contributed by atoms with Crippen LogP contribution in [-0.4, -0.2) is 45.4 Å². The van der Waals surface area contributed by atoms with E-state index in [4.69, 9.17) is 18.9 Å². The van der Waals surface area contributed by atoms with Gasteiger partial charge in [-0.3, -0.25) is 4.99 Å². The van der Waals surface area contributed by atoms with Gasteiger partial charge in [-0.2, -0.15) is 0 Å². The van der Waals surface area contributed by atoms with E-state index < -0.39 is 0 Å². The first kappa shape index (κ1) is 20.3. The Morgan fingerprint density at radius 2 is 2.07 bits per heavy atom. The van der Waals surface area contributed by atoms with E-state index in [9.17, 15) is 0 Å². The number of benzene rings is 1. The zero-order valence-electron chi connectivity index (χ0n) is 16.7.